The van der Waals surface area contributed by atoms with Gasteiger partial charge in [-0.15, -0.1) is 10.2 Å². The van der Waals surface area contributed by atoms with Crippen LogP contribution in [0.3, 0.4) is 0 Å². The van der Waals surface area contributed by atoms with Gasteiger partial charge in [-0.2, -0.15) is 0 Å². The van der Waals surface area contributed by atoms with Crippen molar-refractivity contribution in [2.24, 2.45) is 0 Å². The van der Waals surface area contributed by atoms with Crippen LogP contribution in [-0.4, -0.2) is 33.0 Å². The fourth-order valence-electron chi connectivity index (χ4n) is 4.09. The summed E-state index contributed by atoms with van der Waals surface area (Å²) < 4.78 is 2.27. The number of piperidine rings is 1. The van der Waals surface area contributed by atoms with Gasteiger partial charge in [-0.1, -0.05) is 11.6 Å². The van der Waals surface area contributed by atoms with E-state index < -0.39 is 0 Å². The van der Waals surface area contributed by atoms with E-state index in [9.17, 15) is 5.11 Å². The van der Waals surface area contributed by atoms with E-state index >= 15 is 0 Å². The first-order valence-corrected chi connectivity index (χ1v) is 9.67. The number of aromatic hydroxyl groups is 1. The van der Waals surface area contributed by atoms with Crippen LogP contribution >= 0.6 is 11.6 Å². The molecule has 3 aromatic rings. The Hall–Kier alpha value is -2.11. The number of nitrogens with one attached hydrogen (secondary N) is 1. The van der Waals surface area contributed by atoms with Gasteiger partial charge in [0.05, 0.1) is 0 Å². The molecule has 1 saturated carbocycles. The molecule has 2 N–H and O–H groups in total. The monoisotopic (exact) mass is 368 g/mol. The molecule has 0 bridgehead atoms. The van der Waals surface area contributed by atoms with Gasteiger partial charge < -0.3 is 15.0 Å². The number of hydrogen-bond acceptors (Lipinski definition) is 4. The number of rotatable bonds is 3. The Balaban J connectivity index is 1.67. The van der Waals surface area contributed by atoms with E-state index in [-0.39, 0.29) is 5.75 Å². The predicted octanol–water partition coefficient (Wildman–Crippen LogP) is 4.26. The molecule has 1 aromatic carbocycles. The molecule has 0 amide bonds. The number of benzene rings is 1. The topological polar surface area (TPSA) is 63.0 Å². The van der Waals surface area contributed by atoms with Crippen molar-refractivity contribution in [3.63, 3.8) is 0 Å². The van der Waals surface area contributed by atoms with Crippen molar-refractivity contribution < 1.29 is 5.11 Å². The predicted molar refractivity (Wildman–Crippen MR) is 103 cm³/mol. The highest BCUT2D eigenvalue weighted by molar-refractivity contribution is 6.30. The van der Waals surface area contributed by atoms with Gasteiger partial charge in [0.15, 0.2) is 5.65 Å². The van der Waals surface area contributed by atoms with Gasteiger partial charge in [-0.05, 0) is 68.0 Å². The van der Waals surface area contributed by atoms with Crippen LogP contribution in [-0.2, 0) is 0 Å². The largest absolute Gasteiger partial charge is 0.507 e. The molecule has 2 aliphatic rings. The van der Waals surface area contributed by atoms with E-state index in [0.29, 0.717) is 22.5 Å². The molecule has 26 heavy (non-hydrogen) atoms. The van der Waals surface area contributed by atoms with Crippen molar-refractivity contribution in [2.75, 3.05) is 13.1 Å². The molecule has 1 aliphatic heterocycles. The van der Waals surface area contributed by atoms with Crippen LogP contribution in [0.25, 0.3) is 22.3 Å². The first kappa shape index (κ1) is 16.1. The highest BCUT2D eigenvalue weighted by atomic mass is 35.5. The normalized spacial score (nSPS) is 20.6. The van der Waals surface area contributed by atoms with Crippen molar-refractivity contribution in [3.8, 4) is 17.0 Å². The van der Waals surface area contributed by atoms with E-state index in [1.165, 1.54) is 12.0 Å². The number of nitrogens with zero attached hydrogens (tertiary/aromatic N) is 3. The van der Waals surface area contributed by atoms with Crippen LogP contribution < -0.4 is 5.32 Å². The highest BCUT2D eigenvalue weighted by Gasteiger charge is 2.32. The lowest BCUT2D eigenvalue weighted by Gasteiger charge is -2.24. The summed E-state index contributed by atoms with van der Waals surface area (Å²) in [6, 6.07) is 7.79. The van der Waals surface area contributed by atoms with Crippen molar-refractivity contribution in [1.29, 1.82) is 0 Å². The average molecular weight is 369 g/mol. The zero-order valence-electron chi connectivity index (χ0n) is 14.5. The van der Waals surface area contributed by atoms with Crippen molar-refractivity contribution in [2.45, 2.75) is 37.6 Å². The van der Waals surface area contributed by atoms with Crippen LogP contribution in [0.15, 0.2) is 30.5 Å². The van der Waals surface area contributed by atoms with E-state index in [0.717, 1.165) is 49.1 Å². The van der Waals surface area contributed by atoms with E-state index in [4.69, 9.17) is 11.6 Å². The lowest BCUT2D eigenvalue weighted by molar-refractivity contribution is 0.377. The van der Waals surface area contributed by atoms with Gasteiger partial charge >= 0.3 is 0 Å². The Morgan fingerprint density at radius 3 is 2.77 bits per heavy atom. The maximum Gasteiger partial charge on any atom is 0.163 e. The molecule has 1 atom stereocenters. The number of halogens is 1. The number of phenols is 1. The zero-order valence-corrected chi connectivity index (χ0v) is 15.2. The van der Waals surface area contributed by atoms with Gasteiger partial charge in [0.1, 0.15) is 11.4 Å². The Kier molecular flexibility index (Phi) is 3.87. The minimum atomic E-state index is 0.156. The molecule has 5 nitrogen and oxygen atoms in total. The lowest BCUT2D eigenvalue weighted by atomic mass is 9.99. The zero-order chi connectivity index (χ0) is 17.7. The molecule has 6 heteroatoms. The maximum atomic E-state index is 10.4. The van der Waals surface area contributed by atoms with Crippen LogP contribution in [0, 0.1) is 0 Å². The third-order valence-electron chi connectivity index (χ3n) is 5.54. The van der Waals surface area contributed by atoms with Crippen molar-refractivity contribution in [3.05, 3.63) is 41.0 Å². The third-order valence-corrected chi connectivity index (χ3v) is 5.78. The van der Waals surface area contributed by atoms with E-state index in [1.807, 2.05) is 6.07 Å². The SMILES string of the molecule is Oc1cc(Cl)ccc1-c1nnc2c(ccn2[C@@H]2CCCNC2)c1C1CC1. The standard InChI is InChI=1S/C20H21ClN4O/c21-13-5-6-15(17(26)10-13)19-18(12-3-4-12)16-7-9-25(20(16)24-23-19)14-2-1-8-22-11-14/h5-7,9-10,12,14,22,26H,1-4,8,11H2/t14-/m1/s1. The quantitative estimate of drug-likeness (QED) is 0.725. The summed E-state index contributed by atoms with van der Waals surface area (Å²) in [5.41, 5.74) is 3.67. The van der Waals surface area contributed by atoms with E-state index in [2.05, 4.69) is 32.3 Å². The summed E-state index contributed by atoms with van der Waals surface area (Å²) in [6.07, 6.45) is 6.83. The molecule has 0 radical (unpaired) electrons. The third kappa shape index (κ3) is 2.66. The molecular formula is C20H21ClN4O. The molecule has 134 valence electrons. The van der Waals surface area contributed by atoms with Gasteiger partial charge in [0, 0.05) is 34.8 Å². The Labute approximate surface area is 157 Å². The molecule has 0 spiro atoms. The van der Waals surface area contributed by atoms with Crippen LogP contribution in [0.4, 0.5) is 0 Å². The number of hydrogen-bond donors (Lipinski definition) is 2. The summed E-state index contributed by atoms with van der Waals surface area (Å²) in [7, 11) is 0. The highest BCUT2D eigenvalue weighted by Crippen LogP contribution is 2.48. The molecule has 1 saturated heterocycles. The van der Waals surface area contributed by atoms with Gasteiger partial charge in [-0.25, -0.2) is 0 Å². The number of fused-ring (bicyclic) bond motifs is 1. The molecule has 2 aromatic heterocycles. The fraction of sp³-hybridized carbons (Fsp3) is 0.400. The van der Waals surface area contributed by atoms with Crippen LogP contribution in [0.2, 0.25) is 5.02 Å². The average Bonchev–Trinajstić information content (AvgIpc) is 3.40. The van der Waals surface area contributed by atoms with E-state index in [1.54, 1.807) is 12.1 Å². The summed E-state index contributed by atoms with van der Waals surface area (Å²) in [5, 5.41) is 24.7. The second-order valence-corrected chi connectivity index (χ2v) is 7.79. The second-order valence-electron chi connectivity index (χ2n) is 7.36. The lowest BCUT2D eigenvalue weighted by Crippen LogP contribution is -2.31. The van der Waals surface area contributed by atoms with Crippen molar-refractivity contribution >= 4 is 22.6 Å². The minimum Gasteiger partial charge on any atom is -0.507 e. The molecule has 3 heterocycles. The summed E-state index contributed by atoms with van der Waals surface area (Å²) in [6.45, 7) is 2.07. The second kappa shape index (κ2) is 6.25. The van der Waals surface area contributed by atoms with Gasteiger partial charge in [-0.3, -0.25) is 0 Å². The summed E-state index contributed by atoms with van der Waals surface area (Å²) in [5.74, 6) is 0.655. The first-order valence-electron chi connectivity index (χ1n) is 9.29. The van der Waals surface area contributed by atoms with Crippen molar-refractivity contribution in [1.82, 2.24) is 20.1 Å². The Morgan fingerprint density at radius 1 is 1.15 bits per heavy atom. The smallest absolute Gasteiger partial charge is 0.163 e. The Morgan fingerprint density at radius 2 is 2.04 bits per heavy atom. The van der Waals surface area contributed by atoms with Crippen LogP contribution in [0.5, 0.6) is 5.75 Å². The molecular weight excluding hydrogens is 348 g/mol. The van der Waals surface area contributed by atoms with Gasteiger partial charge in [0.2, 0.25) is 0 Å². The fourth-order valence-corrected chi connectivity index (χ4v) is 4.25. The first-order chi connectivity index (χ1) is 12.7. The number of phenolic OH excluding ortho intramolecular Hbond substituents is 1. The maximum absolute atomic E-state index is 10.4. The molecule has 5 rings (SSSR count). The van der Waals surface area contributed by atoms with Gasteiger partial charge in [0.25, 0.3) is 0 Å². The Bertz CT molecular complexity index is 973. The van der Waals surface area contributed by atoms with Crippen LogP contribution in [0.1, 0.15) is 43.2 Å². The molecule has 1 aliphatic carbocycles. The summed E-state index contributed by atoms with van der Waals surface area (Å²) in [4.78, 5) is 0. The molecule has 0 unspecified atom stereocenters. The number of aromatic nitrogens is 3. The minimum absolute atomic E-state index is 0.156. The summed E-state index contributed by atoms with van der Waals surface area (Å²) >= 11 is 6.00. The molecule has 2 fully saturated rings.